The van der Waals surface area contributed by atoms with Gasteiger partial charge in [0, 0.05) is 64.9 Å². The molecule has 298 valence electrons. The van der Waals surface area contributed by atoms with Gasteiger partial charge in [-0.15, -0.1) is 0 Å². The van der Waals surface area contributed by atoms with E-state index in [1.165, 1.54) is 180 Å². The van der Waals surface area contributed by atoms with Crippen LogP contribution in [0, 0.1) is 64.6 Å². The van der Waals surface area contributed by atoms with Crippen molar-refractivity contribution in [2.75, 3.05) is 0 Å². The molecule has 0 amide bonds. The SMILES string of the molecule is N#CC1C2C3CCCCC3SC2C(N2C3CCCCC3C3CCCCC32)C(N2C3CCCCC3C3CCCCC32)C1N1C2CCCCC2C2CCCCC21. The van der Waals surface area contributed by atoms with Crippen molar-refractivity contribution in [2.45, 2.75) is 245 Å². The highest BCUT2D eigenvalue weighted by Gasteiger charge is 2.69. The molecule has 4 saturated heterocycles. The standard InChI is InChI=1S/C49H76N4S/c50-29-37-45-36-21-7-14-28-44(36)54-49(45)48(53-42-26-12-5-19-34(42)35-20-6-13-27-43(35)53)47(52-40-24-10-3-17-32(40)33-18-4-11-25-41(33)52)46(37)51-38-22-8-1-15-30(38)31-16-2-9-23-39(31)51/h30-49H,1-28H2. The van der Waals surface area contributed by atoms with Gasteiger partial charge in [0.1, 0.15) is 0 Å². The Kier molecular flexibility index (Phi) is 9.55. The highest BCUT2D eigenvalue weighted by Crippen LogP contribution is 2.65. The third-order valence-electron chi connectivity index (χ3n) is 20.6. The number of rotatable bonds is 3. The zero-order chi connectivity index (χ0) is 35.5. The van der Waals surface area contributed by atoms with Crippen molar-refractivity contribution in [3.63, 3.8) is 0 Å². The van der Waals surface area contributed by atoms with Crippen LogP contribution in [0.4, 0.5) is 0 Å². The summed E-state index contributed by atoms with van der Waals surface area (Å²) in [7, 11) is 0. The van der Waals surface area contributed by atoms with Crippen molar-refractivity contribution in [3.8, 4) is 6.07 Å². The van der Waals surface area contributed by atoms with Crippen LogP contribution in [0.2, 0.25) is 0 Å². The molecule has 20 atom stereocenters. The maximum Gasteiger partial charge on any atom is 0.0677 e. The van der Waals surface area contributed by atoms with Gasteiger partial charge in [0.15, 0.2) is 0 Å². The molecule has 8 saturated carbocycles. The van der Waals surface area contributed by atoms with Gasteiger partial charge in [0.2, 0.25) is 0 Å². The van der Waals surface area contributed by atoms with Crippen LogP contribution >= 0.6 is 11.8 Å². The highest BCUT2D eigenvalue weighted by atomic mass is 32.2. The van der Waals surface area contributed by atoms with Crippen LogP contribution in [0.25, 0.3) is 0 Å². The first-order valence-electron chi connectivity index (χ1n) is 25.2. The third-order valence-corrected chi connectivity index (χ3v) is 22.4. The third kappa shape index (κ3) is 5.28. The van der Waals surface area contributed by atoms with E-state index in [2.05, 4.69) is 32.5 Å². The average Bonchev–Trinajstić information content (AvgIpc) is 3.97. The molecule has 0 N–H and O–H groups in total. The summed E-state index contributed by atoms with van der Waals surface area (Å²) in [5.41, 5.74) is 0. The molecule has 0 aromatic rings. The van der Waals surface area contributed by atoms with Crippen molar-refractivity contribution >= 4 is 11.8 Å². The second-order valence-corrected chi connectivity index (χ2v) is 23.6. The quantitative estimate of drug-likeness (QED) is 0.287. The van der Waals surface area contributed by atoms with Crippen LogP contribution < -0.4 is 0 Å². The largest absolute Gasteiger partial charge is 0.291 e. The molecule has 20 unspecified atom stereocenters. The fourth-order valence-corrected chi connectivity index (χ4v) is 21.5. The molecule has 54 heavy (non-hydrogen) atoms. The van der Waals surface area contributed by atoms with Crippen LogP contribution in [-0.2, 0) is 0 Å². The van der Waals surface area contributed by atoms with Gasteiger partial charge >= 0.3 is 0 Å². The Morgan fingerprint density at radius 2 is 0.667 bits per heavy atom. The molecule has 0 spiro atoms. The second kappa shape index (κ2) is 14.5. The number of nitriles is 1. The fraction of sp³-hybridized carbons (Fsp3) is 0.980. The zero-order valence-corrected chi connectivity index (χ0v) is 34.9. The summed E-state index contributed by atoms with van der Waals surface area (Å²) in [6, 6.07) is 9.95. The monoisotopic (exact) mass is 753 g/mol. The number of likely N-dealkylation sites (tertiary alicyclic amines) is 3. The molecule has 4 nitrogen and oxygen atoms in total. The predicted molar refractivity (Wildman–Crippen MR) is 221 cm³/mol. The molecule has 8 aliphatic carbocycles. The van der Waals surface area contributed by atoms with Crippen LogP contribution in [0.5, 0.6) is 0 Å². The molecule has 12 rings (SSSR count). The van der Waals surface area contributed by atoms with Gasteiger partial charge in [0.25, 0.3) is 0 Å². The van der Waals surface area contributed by atoms with E-state index in [-0.39, 0.29) is 5.92 Å². The lowest BCUT2D eigenvalue weighted by Gasteiger charge is -2.62. The summed E-state index contributed by atoms with van der Waals surface area (Å²) in [6.07, 6.45) is 41.3. The van der Waals surface area contributed by atoms with Crippen LogP contribution in [0.3, 0.4) is 0 Å². The van der Waals surface area contributed by atoms with Crippen molar-refractivity contribution < 1.29 is 0 Å². The molecule has 4 aliphatic heterocycles. The van der Waals surface area contributed by atoms with Crippen LogP contribution in [-0.4, -0.2) is 79.6 Å². The van der Waals surface area contributed by atoms with E-state index in [4.69, 9.17) is 0 Å². The lowest BCUT2D eigenvalue weighted by atomic mass is 9.61. The fourth-order valence-electron chi connectivity index (χ4n) is 19.2. The van der Waals surface area contributed by atoms with Gasteiger partial charge in [-0.25, -0.2) is 0 Å². The predicted octanol–water partition coefficient (Wildman–Crippen LogP) is 10.8. The molecule has 4 heterocycles. The van der Waals surface area contributed by atoms with E-state index in [1.54, 1.807) is 0 Å². The lowest BCUT2D eigenvalue weighted by molar-refractivity contribution is -0.107. The first-order chi connectivity index (χ1) is 26.8. The number of nitrogens with zero attached hydrogens (tertiary/aromatic N) is 4. The average molecular weight is 753 g/mol. The minimum Gasteiger partial charge on any atom is -0.291 e. The molecule has 0 aromatic carbocycles. The minimum atomic E-state index is 0.233. The first kappa shape index (κ1) is 35.6. The van der Waals surface area contributed by atoms with Crippen molar-refractivity contribution in [3.05, 3.63) is 0 Å². The summed E-state index contributed by atoms with van der Waals surface area (Å²) in [5, 5.41) is 13.6. The van der Waals surface area contributed by atoms with E-state index in [1.807, 2.05) is 0 Å². The van der Waals surface area contributed by atoms with Gasteiger partial charge in [-0.1, -0.05) is 89.9 Å². The van der Waals surface area contributed by atoms with Crippen LogP contribution in [0.1, 0.15) is 180 Å². The van der Waals surface area contributed by atoms with Crippen LogP contribution in [0.15, 0.2) is 0 Å². The second-order valence-electron chi connectivity index (χ2n) is 22.2. The van der Waals surface area contributed by atoms with Gasteiger partial charge in [-0.05, 0) is 137 Å². The Morgan fingerprint density at radius 1 is 0.352 bits per heavy atom. The Morgan fingerprint density at radius 3 is 1.06 bits per heavy atom. The molecular weight excluding hydrogens is 677 g/mol. The Hall–Kier alpha value is -0.280. The van der Waals surface area contributed by atoms with E-state index in [0.29, 0.717) is 29.3 Å². The molecule has 0 radical (unpaired) electrons. The molecule has 0 aromatic heterocycles. The van der Waals surface area contributed by atoms with E-state index in [0.717, 1.165) is 82.9 Å². The number of thioether (sulfide) groups is 1. The molecule has 0 bridgehead atoms. The topological polar surface area (TPSA) is 33.5 Å². The minimum absolute atomic E-state index is 0.233. The van der Waals surface area contributed by atoms with Gasteiger partial charge < -0.3 is 0 Å². The summed E-state index contributed by atoms with van der Waals surface area (Å²) < 4.78 is 0. The summed E-state index contributed by atoms with van der Waals surface area (Å²) in [4.78, 5) is 10.4. The summed E-state index contributed by atoms with van der Waals surface area (Å²) in [6.45, 7) is 0. The Bertz CT molecular complexity index is 1350. The van der Waals surface area contributed by atoms with Crippen molar-refractivity contribution in [2.24, 2.45) is 53.3 Å². The molecule has 5 heteroatoms. The summed E-state index contributed by atoms with van der Waals surface area (Å²) in [5.74, 6) is 7.29. The number of hydrogen-bond donors (Lipinski definition) is 0. The van der Waals surface area contributed by atoms with Gasteiger partial charge in [-0.3, -0.25) is 14.7 Å². The molecule has 12 aliphatic rings. The Labute approximate surface area is 334 Å². The van der Waals surface area contributed by atoms with Gasteiger partial charge in [-0.2, -0.15) is 17.0 Å². The smallest absolute Gasteiger partial charge is 0.0677 e. The van der Waals surface area contributed by atoms with E-state index < -0.39 is 0 Å². The maximum atomic E-state index is 12.1. The van der Waals surface area contributed by atoms with Gasteiger partial charge in [0.05, 0.1) is 12.0 Å². The molecular formula is C49H76N4S. The summed E-state index contributed by atoms with van der Waals surface area (Å²) >= 11 is 2.54. The van der Waals surface area contributed by atoms with E-state index in [9.17, 15) is 5.26 Å². The van der Waals surface area contributed by atoms with E-state index >= 15 is 0 Å². The molecule has 12 fully saturated rings. The lowest BCUT2D eigenvalue weighted by Crippen LogP contribution is -2.75. The number of fused-ring (bicyclic) bond motifs is 12. The number of hydrogen-bond acceptors (Lipinski definition) is 5. The first-order valence-corrected chi connectivity index (χ1v) is 26.1. The maximum absolute atomic E-state index is 12.1. The highest BCUT2D eigenvalue weighted by molar-refractivity contribution is 8.00. The Balaban J connectivity index is 1.07. The van der Waals surface area contributed by atoms with Crippen molar-refractivity contribution in [1.82, 2.24) is 14.7 Å². The van der Waals surface area contributed by atoms with Crippen molar-refractivity contribution in [1.29, 1.82) is 5.26 Å². The zero-order valence-electron chi connectivity index (χ0n) is 34.0. The normalized spacial score (nSPS) is 56.0.